The van der Waals surface area contributed by atoms with E-state index in [9.17, 15) is 0 Å². The smallest absolute Gasteiger partial charge is 0.0410 e. The zero-order valence-corrected chi connectivity index (χ0v) is 13.0. The van der Waals surface area contributed by atoms with Crippen molar-refractivity contribution in [3.63, 3.8) is 0 Å². The minimum atomic E-state index is 0.788. The number of benzene rings is 2. The second-order valence-electron chi connectivity index (χ2n) is 4.65. The lowest BCUT2D eigenvalue weighted by molar-refractivity contribution is 0.803. The summed E-state index contributed by atoms with van der Waals surface area (Å²) in [6.45, 7) is 5.10. The molecule has 0 aliphatic heterocycles. The van der Waals surface area contributed by atoms with Gasteiger partial charge in [0, 0.05) is 21.4 Å². The van der Waals surface area contributed by atoms with Crippen molar-refractivity contribution in [2.75, 3.05) is 7.05 Å². The first-order valence-electron chi connectivity index (χ1n) is 6.28. The summed E-state index contributed by atoms with van der Waals surface area (Å²) in [5.74, 6) is 0. The summed E-state index contributed by atoms with van der Waals surface area (Å²) in [4.78, 5) is 2.56. The molecule has 0 amide bonds. The maximum Gasteiger partial charge on any atom is 0.0410 e. The van der Waals surface area contributed by atoms with Crippen LogP contribution in [0, 0.1) is 13.8 Å². The largest absolute Gasteiger partial charge is 0.316 e. The molecule has 0 saturated heterocycles. The molecule has 0 aliphatic rings. The maximum absolute atomic E-state index is 6.08. The van der Waals surface area contributed by atoms with Gasteiger partial charge in [-0.25, -0.2) is 0 Å². The first-order chi connectivity index (χ1) is 9.10. The summed E-state index contributed by atoms with van der Waals surface area (Å²) in [6, 6.07) is 12.6. The third-order valence-corrected chi connectivity index (χ3v) is 4.47. The van der Waals surface area contributed by atoms with Gasteiger partial charge in [0.15, 0.2) is 0 Å². The van der Waals surface area contributed by atoms with E-state index in [0.29, 0.717) is 0 Å². The highest BCUT2D eigenvalue weighted by molar-refractivity contribution is 7.99. The van der Waals surface area contributed by atoms with Crippen LogP contribution in [0.3, 0.4) is 0 Å². The number of aryl methyl sites for hydroxylation is 2. The van der Waals surface area contributed by atoms with Gasteiger partial charge in [0.25, 0.3) is 0 Å². The van der Waals surface area contributed by atoms with Crippen LogP contribution in [0.4, 0.5) is 0 Å². The summed E-state index contributed by atoms with van der Waals surface area (Å²) in [6.07, 6.45) is 0. The van der Waals surface area contributed by atoms with E-state index < -0.39 is 0 Å². The van der Waals surface area contributed by atoms with Gasteiger partial charge in [-0.3, -0.25) is 0 Å². The van der Waals surface area contributed by atoms with Crippen LogP contribution in [-0.2, 0) is 6.54 Å². The summed E-state index contributed by atoms with van der Waals surface area (Å²) in [5.41, 5.74) is 3.83. The molecule has 3 heteroatoms. The van der Waals surface area contributed by atoms with Gasteiger partial charge in [0.2, 0.25) is 0 Å². The van der Waals surface area contributed by atoms with Crippen LogP contribution in [-0.4, -0.2) is 7.05 Å². The van der Waals surface area contributed by atoms with Crippen molar-refractivity contribution in [2.24, 2.45) is 0 Å². The lowest BCUT2D eigenvalue weighted by Gasteiger charge is -2.11. The average molecular weight is 292 g/mol. The standard InChI is InChI=1S/C16H18ClNS/c1-11-4-5-12(2)16(8-11)19-15-7-6-14(17)9-13(15)10-18-3/h4-9,18H,10H2,1-3H3. The van der Waals surface area contributed by atoms with Gasteiger partial charge >= 0.3 is 0 Å². The highest BCUT2D eigenvalue weighted by Gasteiger charge is 2.07. The van der Waals surface area contributed by atoms with Crippen LogP contribution in [0.2, 0.25) is 5.02 Å². The fourth-order valence-corrected chi connectivity index (χ4v) is 3.22. The molecular weight excluding hydrogens is 274 g/mol. The number of hydrogen-bond acceptors (Lipinski definition) is 2. The summed E-state index contributed by atoms with van der Waals surface area (Å²) in [7, 11) is 1.95. The SMILES string of the molecule is CNCc1cc(Cl)ccc1Sc1cc(C)ccc1C. The Labute approximate surface area is 124 Å². The second-order valence-corrected chi connectivity index (χ2v) is 6.17. The molecule has 1 nitrogen and oxygen atoms in total. The molecule has 0 radical (unpaired) electrons. The molecule has 0 saturated carbocycles. The molecule has 0 spiro atoms. The van der Waals surface area contributed by atoms with Gasteiger partial charge in [0.1, 0.15) is 0 Å². The van der Waals surface area contributed by atoms with Crippen molar-refractivity contribution in [1.82, 2.24) is 5.32 Å². The van der Waals surface area contributed by atoms with Gasteiger partial charge in [-0.05, 0) is 61.9 Å². The Morgan fingerprint density at radius 3 is 2.58 bits per heavy atom. The van der Waals surface area contributed by atoms with Crippen LogP contribution < -0.4 is 5.32 Å². The molecular formula is C16H18ClNS. The number of nitrogens with one attached hydrogen (secondary N) is 1. The van der Waals surface area contributed by atoms with Gasteiger partial charge in [-0.2, -0.15) is 0 Å². The Kier molecular flexibility index (Phi) is 4.92. The Balaban J connectivity index is 2.34. The topological polar surface area (TPSA) is 12.0 Å². The number of hydrogen-bond donors (Lipinski definition) is 1. The molecule has 0 aromatic heterocycles. The highest BCUT2D eigenvalue weighted by atomic mass is 35.5. The van der Waals surface area contributed by atoms with E-state index in [0.717, 1.165) is 11.6 Å². The maximum atomic E-state index is 6.08. The Hall–Kier alpha value is -0.960. The molecule has 2 aromatic carbocycles. The molecule has 2 rings (SSSR count). The first-order valence-corrected chi connectivity index (χ1v) is 7.47. The minimum absolute atomic E-state index is 0.788. The number of rotatable bonds is 4. The fraction of sp³-hybridized carbons (Fsp3) is 0.250. The van der Waals surface area contributed by atoms with E-state index in [2.05, 4.69) is 43.4 Å². The van der Waals surface area contributed by atoms with Crippen molar-refractivity contribution in [2.45, 2.75) is 30.2 Å². The fourth-order valence-electron chi connectivity index (χ4n) is 1.91. The lowest BCUT2D eigenvalue weighted by Crippen LogP contribution is -2.06. The van der Waals surface area contributed by atoms with Crippen molar-refractivity contribution in [1.29, 1.82) is 0 Å². The van der Waals surface area contributed by atoms with E-state index in [4.69, 9.17) is 11.6 Å². The molecule has 0 fully saturated rings. The Bertz CT molecular complexity index is 581. The zero-order chi connectivity index (χ0) is 13.8. The van der Waals surface area contributed by atoms with Crippen molar-refractivity contribution in [3.8, 4) is 0 Å². The third kappa shape index (κ3) is 3.75. The summed E-state index contributed by atoms with van der Waals surface area (Å²) in [5, 5.41) is 3.98. The molecule has 100 valence electrons. The average Bonchev–Trinajstić information content (AvgIpc) is 2.37. The molecule has 0 heterocycles. The van der Waals surface area contributed by atoms with Crippen LogP contribution in [0.5, 0.6) is 0 Å². The predicted molar refractivity (Wildman–Crippen MR) is 84.3 cm³/mol. The molecule has 2 aromatic rings. The first kappa shape index (κ1) is 14.4. The Morgan fingerprint density at radius 2 is 1.84 bits per heavy atom. The monoisotopic (exact) mass is 291 g/mol. The second kappa shape index (κ2) is 6.47. The van der Waals surface area contributed by atoms with Gasteiger partial charge in [0.05, 0.1) is 0 Å². The van der Waals surface area contributed by atoms with Gasteiger partial charge in [-0.15, -0.1) is 0 Å². The van der Waals surface area contributed by atoms with Crippen LogP contribution in [0.1, 0.15) is 16.7 Å². The van der Waals surface area contributed by atoms with E-state index in [1.807, 2.05) is 19.2 Å². The zero-order valence-electron chi connectivity index (χ0n) is 11.5. The highest BCUT2D eigenvalue weighted by Crippen LogP contribution is 2.34. The van der Waals surface area contributed by atoms with Crippen molar-refractivity contribution < 1.29 is 0 Å². The van der Waals surface area contributed by atoms with Crippen LogP contribution in [0.15, 0.2) is 46.2 Å². The minimum Gasteiger partial charge on any atom is -0.316 e. The van der Waals surface area contributed by atoms with Gasteiger partial charge < -0.3 is 5.32 Å². The molecule has 19 heavy (non-hydrogen) atoms. The third-order valence-electron chi connectivity index (χ3n) is 2.95. The van der Waals surface area contributed by atoms with E-state index in [1.165, 1.54) is 26.5 Å². The van der Waals surface area contributed by atoms with Crippen LogP contribution >= 0.6 is 23.4 Å². The summed E-state index contributed by atoms with van der Waals surface area (Å²) < 4.78 is 0. The van der Waals surface area contributed by atoms with E-state index >= 15 is 0 Å². The van der Waals surface area contributed by atoms with Gasteiger partial charge in [-0.1, -0.05) is 35.5 Å². The van der Waals surface area contributed by atoms with Crippen LogP contribution in [0.25, 0.3) is 0 Å². The molecule has 0 atom stereocenters. The van der Waals surface area contributed by atoms with E-state index in [-0.39, 0.29) is 0 Å². The quantitative estimate of drug-likeness (QED) is 0.866. The van der Waals surface area contributed by atoms with Crippen molar-refractivity contribution >= 4 is 23.4 Å². The summed E-state index contributed by atoms with van der Waals surface area (Å²) >= 11 is 7.88. The molecule has 0 bridgehead atoms. The number of halogens is 1. The molecule has 0 unspecified atom stereocenters. The molecule has 0 aliphatic carbocycles. The Morgan fingerprint density at radius 1 is 1.05 bits per heavy atom. The lowest BCUT2D eigenvalue weighted by atomic mass is 10.2. The van der Waals surface area contributed by atoms with E-state index in [1.54, 1.807) is 11.8 Å². The van der Waals surface area contributed by atoms with Crippen molar-refractivity contribution in [3.05, 3.63) is 58.1 Å². The predicted octanol–water partition coefficient (Wildman–Crippen LogP) is 4.83. The normalized spacial score (nSPS) is 10.7. The molecule has 1 N–H and O–H groups in total.